The molecule has 0 saturated carbocycles. The first-order chi connectivity index (χ1) is 11.6. The van der Waals surface area contributed by atoms with E-state index in [1.165, 1.54) is 0 Å². The fraction of sp³-hybridized carbons (Fsp3) is 0.368. The zero-order valence-corrected chi connectivity index (χ0v) is 14.4. The van der Waals surface area contributed by atoms with Gasteiger partial charge in [0.1, 0.15) is 18.5 Å². The third-order valence-electron chi connectivity index (χ3n) is 3.59. The second-order valence-corrected chi connectivity index (χ2v) is 5.60. The van der Waals surface area contributed by atoms with Crippen molar-refractivity contribution < 1.29 is 19.3 Å². The first-order valence-corrected chi connectivity index (χ1v) is 7.91. The minimum atomic E-state index is -0.578. The molecule has 0 aliphatic heterocycles. The van der Waals surface area contributed by atoms with Crippen LogP contribution in [-0.4, -0.2) is 38.6 Å². The Labute approximate surface area is 143 Å². The van der Waals surface area contributed by atoms with E-state index in [2.05, 4.69) is 5.32 Å². The van der Waals surface area contributed by atoms with Gasteiger partial charge in [-0.1, -0.05) is 18.2 Å². The number of hydrogen-bond acceptors (Lipinski definition) is 5. The van der Waals surface area contributed by atoms with Gasteiger partial charge >= 0.3 is 0 Å². The summed E-state index contributed by atoms with van der Waals surface area (Å²) in [6.07, 6.45) is -0.578. The molecule has 0 amide bonds. The van der Waals surface area contributed by atoms with Crippen LogP contribution in [0.25, 0.3) is 0 Å². The molecule has 0 heterocycles. The molecule has 130 valence electrons. The van der Waals surface area contributed by atoms with Gasteiger partial charge in [-0.25, -0.2) is 0 Å². The lowest BCUT2D eigenvalue weighted by Gasteiger charge is -2.14. The molecule has 0 aromatic heterocycles. The normalized spacial score (nSPS) is 11.8. The number of hydrogen-bond donors (Lipinski definition) is 2. The van der Waals surface area contributed by atoms with Gasteiger partial charge in [0.05, 0.1) is 14.2 Å². The number of rotatable bonds is 9. The highest BCUT2D eigenvalue weighted by molar-refractivity contribution is 5.42. The monoisotopic (exact) mass is 331 g/mol. The van der Waals surface area contributed by atoms with Crippen LogP contribution in [0.1, 0.15) is 11.1 Å². The summed E-state index contributed by atoms with van der Waals surface area (Å²) in [5.41, 5.74) is 2.19. The number of ether oxygens (including phenoxy) is 3. The van der Waals surface area contributed by atoms with Gasteiger partial charge in [-0.15, -0.1) is 0 Å². The van der Waals surface area contributed by atoms with E-state index in [1.807, 2.05) is 49.4 Å². The van der Waals surface area contributed by atoms with Crippen LogP contribution in [0.15, 0.2) is 42.5 Å². The Hall–Kier alpha value is -2.24. The van der Waals surface area contributed by atoms with Gasteiger partial charge in [0, 0.05) is 13.1 Å². The van der Waals surface area contributed by atoms with E-state index < -0.39 is 6.10 Å². The second kappa shape index (κ2) is 9.15. The number of nitrogens with one attached hydrogen (secondary N) is 1. The molecule has 0 spiro atoms. The highest BCUT2D eigenvalue weighted by atomic mass is 16.5. The minimum Gasteiger partial charge on any atom is -0.493 e. The Balaban J connectivity index is 1.75. The summed E-state index contributed by atoms with van der Waals surface area (Å²) in [5.74, 6) is 2.17. The van der Waals surface area contributed by atoms with E-state index in [4.69, 9.17) is 14.2 Å². The topological polar surface area (TPSA) is 60.0 Å². The van der Waals surface area contributed by atoms with Crippen molar-refractivity contribution >= 4 is 0 Å². The van der Waals surface area contributed by atoms with Gasteiger partial charge in [0.2, 0.25) is 0 Å². The Morgan fingerprint density at radius 1 is 1.04 bits per heavy atom. The smallest absolute Gasteiger partial charge is 0.161 e. The number of aliphatic hydroxyl groups excluding tert-OH is 1. The quantitative estimate of drug-likeness (QED) is 0.739. The minimum absolute atomic E-state index is 0.252. The molecule has 5 nitrogen and oxygen atoms in total. The molecule has 0 aliphatic rings. The third-order valence-corrected chi connectivity index (χ3v) is 3.59. The molecule has 0 unspecified atom stereocenters. The molecular formula is C19H25NO4. The van der Waals surface area contributed by atoms with E-state index in [-0.39, 0.29) is 6.61 Å². The van der Waals surface area contributed by atoms with E-state index in [0.29, 0.717) is 24.6 Å². The van der Waals surface area contributed by atoms with Crippen LogP contribution >= 0.6 is 0 Å². The predicted molar refractivity (Wildman–Crippen MR) is 93.9 cm³/mol. The van der Waals surface area contributed by atoms with Crippen LogP contribution in [0.3, 0.4) is 0 Å². The van der Waals surface area contributed by atoms with Crippen molar-refractivity contribution in [1.82, 2.24) is 5.32 Å². The summed E-state index contributed by atoms with van der Waals surface area (Å²) in [5, 5.41) is 13.2. The largest absolute Gasteiger partial charge is 0.493 e. The van der Waals surface area contributed by atoms with E-state index >= 15 is 0 Å². The van der Waals surface area contributed by atoms with Crippen LogP contribution in [0.2, 0.25) is 0 Å². The highest BCUT2D eigenvalue weighted by Crippen LogP contribution is 2.27. The van der Waals surface area contributed by atoms with E-state index in [1.54, 1.807) is 14.2 Å². The van der Waals surface area contributed by atoms with Crippen molar-refractivity contribution in [2.75, 3.05) is 27.4 Å². The van der Waals surface area contributed by atoms with Crippen molar-refractivity contribution in [2.45, 2.75) is 19.6 Å². The van der Waals surface area contributed by atoms with Gasteiger partial charge in [0.15, 0.2) is 11.5 Å². The Kier molecular flexibility index (Phi) is 6.90. The van der Waals surface area contributed by atoms with E-state index in [9.17, 15) is 5.11 Å². The van der Waals surface area contributed by atoms with Gasteiger partial charge in [-0.05, 0) is 42.3 Å². The predicted octanol–water partition coefficient (Wildman–Crippen LogP) is 2.54. The molecule has 2 rings (SSSR count). The summed E-state index contributed by atoms with van der Waals surface area (Å²) >= 11 is 0. The molecule has 0 aliphatic carbocycles. The fourth-order valence-electron chi connectivity index (χ4n) is 2.33. The van der Waals surface area contributed by atoms with Crippen molar-refractivity contribution in [3.8, 4) is 17.2 Å². The molecule has 2 aromatic carbocycles. The maximum atomic E-state index is 10.0. The lowest BCUT2D eigenvalue weighted by atomic mass is 10.2. The van der Waals surface area contributed by atoms with Crippen molar-refractivity contribution in [2.24, 2.45) is 0 Å². The summed E-state index contributed by atoms with van der Waals surface area (Å²) in [7, 11) is 3.22. The van der Waals surface area contributed by atoms with Gasteiger partial charge in [-0.2, -0.15) is 0 Å². The molecule has 2 N–H and O–H groups in total. The summed E-state index contributed by atoms with van der Waals surface area (Å²) < 4.78 is 16.1. The molecule has 2 aromatic rings. The van der Waals surface area contributed by atoms with Crippen LogP contribution in [-0.2, 0) is 6.54 Å². The average Bonchev–Trinajstić information content (AvgIpc) is 2.60. The first-order valence-electron chi connectivity index (χ1n) is 7.91. The molecule has 0 radical (unpaired) electrons. The molecule has 0 fully saturated rings. The summed E-state index contributed by atoms with van der Waals surface area (Å²) in [6.45, 7) is 3.33. The standard InChI is InChI=1S/C19H25NO4/c1-14-5-4-6-17(9-14)24-13-16(21)12-20-11-15-7-8-18(22-2)19(10-15)23-3/h4-10,16,20-21H,11-13H2,1-3H3/t16-/m0/s1. The van der Waals surface area contributed by atoms with Crippen molar-refractivity contribution in [3.05, 3.63) is 53.6 Å². The Morgan fingerprint density at radius 2 is 1.83 bits per heavy atom. The maximum absolute atomic E-state index is 10.0. The van der Waals surface area contributed by atoms with Gasteiger partial charge in [-0.3, -0.25) is 0 Å². The van der Waals surface area contributed by atoms with Crippen LogP contribution < -0.4 is 19.5 Å². The molecule has 5 heteroatoms. The molecular weight excluding hydrogens is 306 g/mol. The summed E-state index contributed by atoms with van der Waals surface area (Å²) in [4.78, 5) is 0. The van der Waals surface area contributed by atoms with Crippen LogP contribution in [0.4, 0.5) is 0 Å². The Morgan fingerprint density at radius 3 is 2.54 bits per heavy atom. The highest BCUT2D eigenvalue weighted by Gasteiger charge is 2.07. The number of benzene rings is 2. The van der Waals surface area contributed by atoms with Gasteiger partial charge < -0.3 is 24.6 Å². The van der Waals surface area contributed by atoms with Crippen LogP contribution in [0.5, 0.6) is 17.2 Å². The fourth-order valence-corrected chi connectivity index (χ4v) is 2.33. The molecule has 1 atom stereocenters. The number of aryl methyl sites for hydroxylation is 1. The SMILES string of the molecule is COc1ccc(CNC[C@H](O)COc2cccc(C)c2)cc1OC. The van der Waals surface area contributed by atoms with Crippen molar-refractivity contribution in [3.63, 3.8) is 0 Å². The Bertz CT molecular complexity index is 645. The second-order valence-electron chi connectivity index (χ2n) is 5.60. The first kappa shape index (κ1) is 18.1. The number of methoxy groups -OCH3 is 2. The van der Waals surface area contributed by atoms with E-state index in [0.717, 1.165) is 16.9 Å². The zero-order valence-electron chi connectivity index (χ0n) is 14.4. The van der Waals surface area contributed by atoms with Gasteiger partial charge in [0.25, 0.3) is 0 Å². The zero-order chi connectivity index (χ0) is 17.4. The average molecular weight is 331 g/mol. The maximum Gasteiger partial charge on any atom is 0.161 e. The lowest BCUT2D eigenvalue weighted by molar-refractivity contribution is 0.106. The van der Waals surface area contributed by atoms with Crippen molar-refractivity contribution in [1.29, 1.82) is 0 Å². The third kappa shape index (κ3) is 5.44. The molecule has 24 heavy (non-hydrogen) atoms. The molecule has 0 saturated heterocycles. The van der Waals surface area contributed by atoms with Crippen LogP contribution in [0, 0.1) is 6.92 Å². The lowest BCUT2D eigenvalue weighted by Crippen LogP contribution is -2.31. The molecule has 0 bridgehead atoms. The summed E-state index contributed by atoms with van der Waals surface area (Å²) in [6, 6.07) is 13.5. The number of aliphatic hydroxyl groups is 1.